The molecule has 4 nitrogen and oxygen atoms in total. The van der Waals surface area contributed by atoms with Gasteiger partial charge in [-0.3, -0.25) is 9.59 Å². The summed E-state index contributed by atoms with van der Waals surface area (Å²) >= 11 is 0. The third kappa shape index (κ3) is 3.88. The highest BCUT2D eigenvalue weighted by atomic mass is 16.5. The molecule has 4 aliphatic rings. The number of fused-ring (bicyclic) bond motifs is 3. The lowest BCUT2D eigenvalue weighted by molar-refractivity contribution is -0.144. The van der Waals surface area contributed by atoms with Crippen LogP contribution in [-0.2, 0) is 14.3 Å². The van der Waals surface area contributed by atoms with Gasteiger partial charge in [0.25, 0.3) is 0 Å². The summed E-state index contributed by atoms with van der Waals surface area (Å²) in [4.78, 5) is 23.5. The molecule has 2 saturated carbocycles. The van der Waals surface area contributed by atoms with E-state index in [1.165, 1.54) is 24.8 Å². The fourth-order valence-electron chi connectivity index (χ4n) is 9.13. The molecule has 4 heteroatoms. The molecule has 34 heavy (non-hydrogen) atoms. The highest BCUT2D eigenvalue weighted by Crippen LogP contribution is 2.72. The Kier molecular flexibility index (Phi) is 6.62. The molecule has 4 rings (SSSR count). The SMILES string of the molecule is C=C(C)[C@@H]1CC=C2[C@@H](CC[C@]3(C)C([C@H](C)C[C@@H]4C[C@@H](C)C(=O)O4)CC[C@@]23C)[C@@]1(C)CCC(=O)O. The molecule has 0 radical (unpaired) electrons. The van der Waals surface area contributed by atoms with Crippen molar-refractivity contribution in [2.24, 2.45) is 45.8 Å². The first kappa shape index (κ1) is 25.5. The van der Waals surface area contributed by atoms with Crippen LogP contribution in [0.1, 0.15) is 99.3 Å². The molecule has 3 fully saturated rings. The van der Waals surface area contributed by atoms with Crippen LogP contribution in [0.4, 0.5) is 0 Å². The lowest BCUT2D eigenvalue weighted by Gasteiger charge is -2.60. The molecule has 1 saturated heterocycles. The highest BCUT2D eigenvalue weighted by molar-refractivity contribution is 5.74. The summed E-state index contributed by atoms with van der Waals surface area (Å²) in [6.07, 6.45) is 11.1. The number of esters is 1. The van der Waals surface area contributed by atoms with Crippen molar-refractivity contribution in [3.8, 4) is 0 Å². The first-order valence-electron chi connectivity index (χ1n) is 13.6. The Morgan fingerprint density at radius 2 is 1.97 bits per heavy atom. The number of hydrogen-bond acceptors (Lipinski definition) is 3. The van der Waals surface area contributed by atoms with Crippen LogP contribution in [0.15, 0.2) is 23.8 Å². The number of aliphatic carboxylic acids is 1. The van der Waals surface area contributed by atoms with E-state index in [0.717, 1.165) is 32.1 Å². The molecule has 1 aliphatic heterocycles. The normalized spacial score (nSPS) is 44.6. The molecule has 0 aromatic carbocycles. The average Bonchev–Trinajstić information content (AvgIpc) is 3.21. The second-order valence-corrected chi connectivity index (χ2v) is 13.1. The van der Waals surface area contributed by atoms with E-state index >= 15 is 0 Å². The van der Waals surface area contributed by atoms with E-state index in [0.29, 0.717) is 23.7 Å². The molecule has 0 bridgehead atoms. The summed E-state index contributed by atoms with van der Waals surface area (Å²) < 4.78 is 5.68. The highest BCUT2D eigenvalue weighted by Gasteiger charge is 2.63. The van der Waals surface area contributed by atoms with Crippen LogP contribution in [0.2, 0.25) is 0 Å². The van der Waals surface area contributed by atoms with Gasteiger partial charge >= 0.3 is 11.9 Å². The number of hydrogen-bond donors (Lipinski definition) is 1. The molecule has 1 unspecified atom stereocenters. The Hall–Kier alpha value is -1.58. The maximum Gasteiger partial charge on any atom is 0.309 e. The summed E-state index contributed by atoms with van der Waals surface area (Å²) in [7, 11) is 0. The van der Waals surface area contributed by atoms with Gasteiger partial charge in [-0.2, -0.15) is 0 Å². The fraction of sp³-hybridized carbons (Fsp3) is 0.800. The van der Waals surface area contributed by atoms with Crippen molar-refractivity contribution < 1.29 is 19.4 Å². The van der Waals surface area contributed by atoms with Gasteiger partial charge in [-0.1, -0.05) is 58.4 Å². The van der Waals surface area contributed by atoms with Gasteiger partial charge in [-0.25, -0.2) is 0 Å². The molecule has 3 aliphatic carbocycles. The number of ether oxygens (including phenoxy) is 1. The molecular formula is C30H46O4. The molecule has 1 heterocycles. The van der Waals surface area contributed by atoms with Crippen molar-refractivity contribution in [3.05, 3.63) is 23.8 Å². The van der Waals surface area contributed by atoms with Crippen molar-refractivity contribution in [1.29, 1.82) is 0 Å². The summed E-state index contributed by atoms with van der Waals surface area (Å²) in [5.74, 6) is 1.25. The van der Waals surface area contributed by atoms with Crippen molar-refractivity contribution in [2.45, 2.75) is 105 Å². The van der Waals surface area contributed by atoms with E-state index in [-0.39, 0.29) is 40.7 Å². The number of carboxylic acids is 1. The van der Waals surface area contributed by atoms with Gasteiger partial charge in [0.1, 0.15) is 6.10 Å². The van der Waals surface area contributed by atoms with E-state index in [4.69, 9.17) is 4.74 Å². The Bertz CT molecular complexity index is 888. The van der Waals surface area contributed by atoms with Crippen molar-refractivity contribution in [3.63, 3.8) is 0 Å². The zero-order valence-electron chi connectivity index (χ0n) is 22.3. The van der Waals surface area contributed by atoms with Crippen molar-refractivity contribution in [1.82, 2.24) is 0 Å². The molecule has 9 atom stereocenters. The zero-order chi connectivity index (χ0) is 25.1. The topological polar surface area (TPSA) is 63.6 Å². The third-order valence-electron chi connectivity index (χ3n) is 11.3. The molecule has 190 valence electrons. The van der Waals surface area contributed by atoms with Gasteiger partial charge in [-0.05, 0) is 98.2 Å². The standard InChI is InChI=1S/C30H46O4/c1-18(2)22-8-9-25-24(28(22,5)13-12-26(31)32)11-15-29(6)23(10-14-30(25,29)7)19(3)16-21-17-20(4)27(33)34-21/h9,19-24H,1,8,10-17H2,2-7H3,(H,31,32)/t19-,20-,21-,22+,23?,24-,28+,29-,30+/m1/s1. The molecule has 0 spiro atoms. The Morgan fingerprint density at radius 1 is 1.26 bits per heavy atom. The number of carboxylic acid groups (broad SMARTS) is 1. The molecule has 0 aromatic rings. The van der Waals surface area contributed by atoms with Crippen LogP contribution in [0.5, 0.6) is 0 Å². The fourth-order valence-corrected chi connectivity index (χ4v) is 9.13. The van der Waals surface area contributed by atoms with Crippen molar-refractivity contribution in [2.75, 3.05) is 0 Å². The predicted molar refractivity (Wildman–Crippen MR) is 135 cm³/mol. The van der Waals surface area contributed by atoms with Crippen LogP contribution in [0, 0.1) is 45.8 Å². The summed E-state index contributed by atoms with van der Waals surface area (Å²) in [5.41, 5.74) is 3.14. The molecule has 0 amide bonds. The maximum atomic E-state index is 11.9. The largest absolute Gasteiger partial charge is 0.481 e. The second-order valence-electron chi connectivity index (χ2n) is 13.1. The van der Waals surface area contributed by atoms with Gasteiger partial charge in [0, 0.05) is 6.42 Å². The van der Waals surface area contributed by atoms with Gasteiger partial charge in [0.15, 0.2) is 0 Å². The minimum atomic E-state index is -0.693. The lowest BCUT2D eigenvalue weighted by atomic mass is 9.44. The van der Waals surface area contributed by atoms with Gasteiger partial charge in [0.2, 0.25) is 0 Å². The average molecular weight is 471 g/mol. The molecular weight excluding hydrogens is 424 g/mol. The van der Waals surface area contributed by atoms with E-state index < -0.39 is 5.97 Å². The number of carbonyl (C=O) groups is 2. The van der Waals surface area contributed by atoms with Crippen LogP contribution >= 0.6 is 0 Å². The Balaban J connectivity index is 1.60. The van der Waals surface area contributed by atoms with E-state index in [2.05, 4.69) is 47.3 Å². The number of carbonyl (C=O) groups excluding carboxylic acids is 1. The first-order valence-corrected chi connectivity index (χ1v) is 13.6. The zero-order valence-corrected chi connectivity index (χ0v) is 22.3. The summed E-state index contributed by atoms with van der Waals surface area (Å²) in [6, 6.07) is 0. The van der Waals surface area contributed by atoms with Crippen LogP contribution in [0.25, 0.3) is 0 Å². The van der Waals surface area contributed by atoms with E-state index in [1.807, 2.05) is 6.92 Å². The molecule has 1 N–H and O–H groups in total. The monoisotopic (exact) mass is 470 g/mol. The minimum absolute atomic E-state index is 0.0275. The van der Waals surface area contributed by atoms with Crippen LogP contribution in [-0.4, -0.2) is 23.1 Å². The molecule has 0 aromatic heterocycles. The third-order valence-corrected chi connectivity index (χ3v) is 11.3. The second kappa shape index (κ2) is 8.82. The van der Waals surface area contributed by atoms with Gasteiger partial charge in [-0.15, -0.1) is 0 Å². The number of allylic oxidation sites excluding steroid dienone is 3. The van der Waals surface area contributed by atoms with E-state index in [9.17, 15) is 14.7 Å². The summed E-state index contributed by atoms with van der Waals surface area (Å²) in [5, 5.41) is 9.50. The minimum Gasteiger partial charge on any atom is -0.481 e. The van der Waals surface area contributed by atoms with Crippen molar-refractivity contribution >= 4 is 11.9 Å². The van der Waals surface area contributed by atoms with E-state index in [1.54, 1.807) is 5.57 Å². The number of cyclic esters (lactones) is 1. The quantitative estimate of drug-likeness (QED) is 0.316. The van der Waals surface area contributed by atoms with Crippen LogP contribution in [0.3, 0.4) is 0 Å². The van der Waals surface area contributed by atoms with Crippen LogP contribution < -0.4 is 0 Å². The lowest BCUT2D eigenvalue weighted by Crippen LogP contribution is -2.52. The summed E-state index contributed by atoms with van der Waals surface area (Å²) in [6.45, 7) is 18.2. The van der Waals surface area contributed by atoms with Gasteiger partial charge in [0.05, 0.1) is 5.92 Å². The number of rotatable bonds is 7. The predicted octanol–water partition coefficient (Wildman–Crippen LogP) is 7.19. The maximum absolute atomic E-state index is 11.9. The van der Waals surface area contributed by atoms with Gasteiger partial charge < -0.3 is 9.84 Å². The Morgan fingerprint density at radius 3 is 2.56 bits per heavy atom. The first-order chi connectivity index (χ1) is 15.8. The Labute approximate surface area is 206 Å². The smallest absolute Gasteiger partial charge is 0.309 e.